The molecule has 17 heavy (non-hydrogen) atoms. The molecule has 1 amide bonds. The third-order valence-electron chi connectivity index (χ3n) is 2.29. The first-order chi connectivity index (χ1) is 8.11. The van der Waals surface area contributed by atoms with E-state index >= 15 is 0 Å². The summed E-state index contributed by atoms with van der Waals surface area (Å²) in [5.41, 5.74) is 0. The van der Waals surface area contributed by atoms with Crippen molar-refractivity contribution in [3.05, 3.63) is 21.9 Å². The molecule has 0 aromatic carbocycles. The predicted octanol–water partition coefficient (Wildman–Crippen LogP) is 2.53. The Hall–Kier alpha value is -0.870. The summed E-state index contributed by atoms with van der Waals surface area (Å²) in [6.07, 6.45) is 1.83. The minimum Gasteiger partial charge on any atom is -0.372 e. The van der Waals surface area contributed by atoms with Gasteiger partial charge in [0.1, 0.15) is 6.61 Å². The summed E-state index contributed by atoms with van der Waals surface area (Å²) in [5.74, 6) is -0.0285. The van der Waals surface area contributed by atoms with E-state index in [1.165, 1.54) is 9.75 Å². The van der Waals surface area contributed by atoms with E-state index < -0.39 is 0 Å². The normalized spacial score (nSPS) is 12.4. The van der Waals surface area contributed by atoms with Crippen molar-refractivity contribution in [1.82, 2.24) is 5.32 Å². The Morgan fingerprint density at radius 3 is 2.88 bits per heavy atom. The number of hydrogen-bond donors (Lipinski definition) is 1. The molecule has 0 saturated heterocycles. The molecule has 4 heteroatoms. The number of ether oxygens (including phenoxy) is 1. The molecule has 0 aliphatic rings. The van der Waals surface area contributed by atoms with E-state index in [4.69, 9.17) is 4.74 Å². The first-order valence-corrected chi connectivity index (χ1v) is 6.86. The van der Waals surface area contributed by atoms with E-state index in [9.17, 15) is 4.79 Å². The van der Waals surface area contributed by atoms with Gasteiger partial charge in [-0.1, -0.05) is 6.92 Å². The lowest BCUT2D eigenvalue weighted by molar-refractivity contribution is -0.126. The second kappa shape index (κ2) is 7.45. The van der Waals surface area contributed by atoms with Crippen LogP contribution in [0, 0.1) is 6.92 Å². The Labute approximate surface area is 107 Å². The Bertz CT molecular complexity index is 349. The number of hydrogen-bond acceptors (Lipinski definition) is 3. The Kier molecular flexibility index (Phi) is 6.22. The number of aryl methyl sites for hydroxylation is 1. The van der Waals surface area contributed by atoms with Crippen molar-refractivity contribution in [2.24, 2.45) is 0 Å². The standard InChI is InChI=1S/C13H21NO2S/c1-4-7-16-9-13(15)14-10(2)8-12-6-5-11(3)17-12/h5-6,10H,4,7-9H2,1-3H3,(H,14,15). The third kappa shape index (κ3) is 5.84. The summed E-state index contributed by atoms with van der Waals surface area (Å²) in [4.78, 5) is 14.1. The van der Waals surface area contributed by atoms with E-state index in [-0.39, 0.29) is 18.6 Å². The van der Waals surface area contributed by atoms with E-state index in [0.717, 1.165) is 12.8 Å². The number of nitrogens with one attached hydrogen (secondary N) is 1. The molecule has 96 valence electrons. The minimum absolute atomic E-state index is 0.0285. The Morgan fingerprint density at radius 2 is 2.29 bits per heavy atom. The molecular weight excluding hydrogens is 234 g/mol. The molecule has 1 aromatic rings. The van der Waals surface area contributed by atoms with E-state index in [2.05, 4.69) is 24.4 Å². The zero-order valence-corrected chi connectivity index (χ0v) is 11.6. The van der Waals surface area contributed by atoms with Crippen molar-refractivity contribution in [2.75, 3.05) is 13.2 Å². The van der Waals surface area contributed by atoms with Gasteiger partial charge in [0.25, 0.3) is 0 Å². The van der Waals surface area contributed by atoms with Crippen LogP contribution in [-0.2, 0) is 16.0 Å². The largest absolute Gasteiger partial charge is 0.372 e. The SMILES string of the molecule is CCCOCC(=O)NC(C)Cc1ccc(C)s1. The van der Waals surface area contributed by atoms with Crippen LogP contribution in [0.4, 0.5) is 0 Å². The molecule has 0 aliphatic heterocycles. The highest BCUT2D eigenvalue weighted by atomic mass is 32.1. The first kappa shape index (κ1) is 14.2. The topological polar surface area (TPSA) is 38.3 Å². The lowest BCUT2D eigenvalue weighted by Crippen LogP contribution is -2.36. The zero-order chi connectivity index (χ0) is 12.7. The van der Waals surface area contributed by atoms with Crippen LogP contribution in [0.25, 0.3) is 0 Å². The lowest BCUT2D eigenvalue weighted by Gasteiger charge is -2.12. The smallest absolute Gasteiger partial charge is 0.246 e. The fourth-order valence-corrected chi connectivity index (χ4v) is 2.59. The average Bonchev–Trinajstić information content (AvgIpc) is 2.64. The maximum Gasteiger partial charge on any atom is 0.246 e. The molecule has 0 bridgehead atoms. The maximum atomic E-state index is 11.5. The predicted molar refractivity (Wildman–Crippen MR) is 71.5 cm³/mol. The lowest BCUT2D eigenvalue weighted by atomic mass is 10.2. The van der Waals surface area contributed by atoms with Crippen LogP contribution in [0.15, 0.2) is 12.1 Å². The monoisotopic (exact) mass is 255 g/mol. The van der Waals surface area contributed by atoms with E-state index in [0.29, 0.717) is 6.61 Å². The van der Waals surface area contributed by atoms with Crippen molar-refractivity contribution in [3.63, 3.8) is 0 Å². The molecule has 0 saturated carbocycles. The number of amides is 1. The summed E-state index contributed by atoms with van der Waals surface area (Å²) < 4.78 is 5.19. The molecule has 1 unspecified atom stereocenters. The van der Waals surface area contributed by atoms with Crippen LogP contribution in [0.1, 0.15) is 30.0 Å². The maximum absolute atomic E-state index is 11.5. The first-order valence-electron chi connectivity index (χ1n) is 6.04. The van der Waals surface area contributed by atoms with Crippen molar-refractivity contribution in [1.29, 1.82) is 0 Å². The van der Waals surface area contributed by atoms with Gasteiger partial charge in [0.05, 0.1) is 0 Å². The van der Waals surface area contributed by atoms with Crippen LogP contribution in [-0.4, -0.2) is 25.2 Å². The van der Waals surface area contributed by atoms with Crippen LogP contribution < -0.4 is 5.32 Å². The number of carbonyl (C=O) groups is 1. The Morgan fingerprint density at radius 1 is 1.53 bits per heavy atom. The quantitative estimate of drug-likeness (QED) is 0.760. The van der Waals surface area contributed by atoms with Gasteiger partial charge in [-0.15, -0.1) is 11.3 Å². The molecule has 1 rings (SSSR count). The van der Waals surface area contributed by atoms with Gasteiger partial charge in [-0.3, -0.25) is 4.79 Å². The highest BCUT2D eigenvalue weighted by molar-refractivity contribution is 7.11. The van der Waals surface area contributed by atoms with E-state index in [1.54, 1.807) is 11.3 Å². The van der Waals surface area contributed by atoms with Gasteiger partial charge in [0, 0.05) is 28.8 Å². The van der Waals surface area contributed by atoms with Crippen molar-refractivity contribution >= 4 is 17.2 Å². The Balaban J connectivity index is 2.24. The fourth-order valence-electron chi connectivity index (χ4n) is 1.57. The summed E-state index contributed by atoms with van der Waals surface area (Å²) in [6.45, 7) is 6.95. The van der Waals surface area contributed by atoms with Gasteiger partial charge in [0.15, 0.2) is 0 Å². The van der Waals surface area contributed by atoms with Gasteiger partial charge in [0.2, 0.25) is 5.91 Å². The molecule has 0 fully saturated rings. The minimum atomic E-state index is -0.0285. The van der Waals surface area contributed by atoms with Crippen molar-refractivity contribution in [3.8, 4) is 0 Å². The van der Waals surface area contributed by atoms with Crippen LogP contribution in [0.5, 0.6) is 0 Å². The highest BCUT2D eigenvalue weighted by Gasteiger charge is 2.09. The zero-order valence-electron chi connectivity index (χ0n) is 10.8. The average molecular weight is 255 g/mol. The molecule has 0 spiro atoms. The summed E-state index contributed by atoms with van der Waals surface area (Å²) >= 11 is 1.78. The van der Waals surface area contributed by atoms with Crippen molar-refractivity contribution in [2.45, 2.75) is 39.7 Å². The van der Waals surface area contributed by atoms with Gasteiger partial charge < -0.3 is 10.1 Å². The van der Waals surface area contributed by atoms with Crippen LogP contribution >= 0.6 is 11.3 Å². The van der Waals surface area contributed by atoms with Gasteiger partial charge >= 0.3 is 0 Å². The summed E-state index contributed by atoms with van der Waals surface area (Å²) in [7, 11) is 0. The molecule has 1 heterocycles. The molecule has 1 atom stereocenters. The molecule has 1 aromatic heterocycles. The van der Waals surface area contributed by atoms with Crippen LogP contribution in [0.3, 0.4) is 0 Å². The van der Waals surface area contributed by atoms with E-state index in [1.807, 2.05) is 13.8 Å². The van der Waals surface area contributed by atoms with Crippen molar-refractivity contribution < 1.29 is 9.53 Å². The number of carbonyl (C=O) groups excluding carboxylic acids is 1. The second-order valence-electron chi connectivity index (χ2n) is 4.24. The van der Waals surface area contributed by atoms with Gasteiger partial charge in [-0.25, -0.2) is 0 Å². The summed E-state index contributed by atoms with van der Waals surface area (Å²) in [5, 5.41) is 2.94. The molecule has 3 nitrogen and oxygen atoms in total. The number of rotatable bonds is 7. The van der Waals surface area contributed by atoms with Gasteiger partial charge in [-0.05, 0) is 32.4 Å². The number of thiophene rings is 1. The second-order valence-corrected chi connectivity index (χ2v) is 5.61. The highest BCUT2D eigenvalue weighted by Crippen LogP contribution is 2.16. The third-order valence-corrected chi connectivity index (χ3v) is 3.32. The molecule has 1 N–H and O–H groups in total. The molecular formula is C13H21NO2S. The summed E-state index contributed by atoms with van der Waals surface area (Å²) in [6, 6.07) is 4.39. The van der Waals surface area contributed by atoms with Gasteiger partial charge in [-0.2, -0.15) is 0 Å². The van der Waals surface area contributed by atoms with Crippen LogP contribution in [0.2, 0.25) is 0 Å². The molecule has 0 radical (unpaired) electrons. The molecule has 0 aliphatic carbocycles. The fraction of sp³-hybridized carbons (Fsp3) is 0.615.